The molecule has 0 aliphatic carbocycles. The second-order valence-corrected chi connectivity index (χ2v) is 8.62. The highest BCUT2D eigenvalue weighted by atomic mass is 32.1. The van der Waals surface area contributed by atoms with Crippen LogP contribution in [0.1, 0.15) is 37.9 Å². The Hall–Kier alpha value is -3.58. The van der Waals surface area contributed by atoms with Gasteiger partial charge in [-0.1, -0.05) is 30.3 Å². The van der Waals surface area contributed by atoms with E-state index < -0.39 is 5.97 Å². The Labute approximate surface area is 190 Å². The highest BCUT2D eigenvalue weighted by molar-refractivity contribution is 7.09. The molecule has 0 aliphatic rings. The number of aromatic nitrogens is 2. The molecule has 0 bridgehead atoms. The van der Waals surface area contributed by atoms with Crippen molar-refractivity contribution in [2.45, 2.75) is 33.8 Å². The highest BCUT2D eigenvalue weighted by Gasteiger charge is 2.15. The number of pyridine rings is 1. The zero-order chi connectivity index (χ0) is 22.7. The largest absolute Gasteiger partial charge is 0.456 e. The summed E-state index contributed by atoms with van der Waals surface area (Å²) in [7, 11) is 0. The van der Waals surface area contributed by atoms with Gasteiger partial charge >= 0.3 is 5.97 Å². The summed E-state index contributed by atoms with van der Waals surface area (Å²) >= 11 is 1.38. The number of amides is 1. The number of hydrogen-bond donors (Lipinski definition) is 1. The smallest absolute Gasteiger partial charge is 0.339 e. The standard InChI is InChI=1S/C25H23N3O3S/c1-15-8-9-16(2)22(10-15)28-23(29)12-24-27-18(14-32-24)13-31-25(30)20-11-17(3)26-21-7-5-4-6-19(20)21/h4-11,14H,12-13H2,1-3H3,(H,28,29). The van der Waals surface area contributed by atoms with Gasteiger partial charge in [0.05, 0.1) is 23.2 Å². The Morgan fingerprint density at radius 1 is 1.03 bits per heavy atom. The lowest BCUT2D eigenvalue weighted by molar-refractivity contribution is -0.115. The van der Waals surface area contributed by atoms with Crippen LogP contribution in [0.3, 0.4) is 0 Å². The van der Waals surface area contributed by atoms with Crippen LogP contribution in [0, 0.1) is 20.8 Å². The maximum atomic E-state index is 12.7. The number of esters is 1. The molecule has 1 amide bonds. The summed E-state index contributed by atoms with van der Waals surface area (Å²) in [5, 5.41) is 6.17. The molecule has 32 heavy (non-hydrogen) atoms. The van der Waals surface area contributed by atoms with E-state index in [-0.39, 0.29) is 18.9 Å². The first kappa shape index (κ1) is 21.6. The van der Waals surface area contributed by atoms with Crippen molar-refractivity contribution in [2.24, 2.45) is 0 Å². The third kappa shape index (κ3) is 5.00. The molecule has 162 valence electrons. The summed E-state index contributed by atoms with van der Waals surface area (Å²) < 4.78 is 5.50. The number of aryl methyl sites for hydroxylation is 3. The summed E-state index contributed by atoms with van der Waals surface area (Å²) in [6.07, 6.45) is 0.167. The van der Waals surface area contributed by atoms with E-state index in [1.165, 1.54) is 11.3 Å². The fraction of sp³-hybridized carbons (Fsp3) is 0.200. The first-order chi connectivity index (χ1) is 15.4. The van der Waals surface area contributed by atoms with Gasteiger partial charge in [-0.15, -0.1) is 11.3 Å². The van der Waals surface area contributed by atoms with Crippen molar-refractivity contribution in [3.05, 3.63) is 87.0 Å². The number of benzene rings is 2. The Morgan fingerprint density at radius 3 is 2.69 bits per heavy atom. The average Bonchev–Trinajstić information content (AvgIpc) is 3.21. The molecule has 2 aromatic heterocycles. The minimum absolute atomic E-state index is 0.0453. The van der Waals surface area contributed by atoms with Crippen molar-refractivity contribution >= 4 is 39.8 Å². The number of nitrogens with zero attached hydrogens (tertiary/aromatic N) is 2. The van der Waals surface area contributed by atoms with Crippen LogP contribution in [0.2, 0.25) is 0 Å². The van der Waals surface area contributed by atoms with Gasteiger partial charge in [0.2, 0.25) is 5.91 Å². The molecule has 6 nitrogen and oxygen atoms in total. The summed E-state index contributed by atoms with van der Waals surface area (Å²) in [4.78, 5) is 34.0. The molecule has 2 aromatic carbocycles. The molecular formula is C25H23N3O3S. The molecule has 0 fully saturated rings. The molecule has 0 radical (unpaired) electrons. The van der Waals surface area contributed by atoms with Gasteiger partial charge in [0.1, 0.15) is 11.6 Å². The number of fused-ring (bicyclic) bond motifs is 1. The van der Waals surface area contributed by atoms with Crippen LogP contribution in [0.15, 0.2) is 53.9 Å². The van der Waals surface area contributed by atoms with E-state index in [4.69, 9.17) is 4.74 Å². The molecule has 4 aromatic rings. The second kappa shape index (κ2) is 9.28. The first-order valence-corrected chi connectivity index (χ1v) is 11.1. The highest BCUT2D eigenvalue weighted by Crippen LogP contribution is 2.21. The molecule has 0 unspecified atom stereocenters. The van der Waals surface area contributed by atoms with E-state index in [0.717, 1.165) is 33.4 Å². The fourth-order valence-corrected chi connectivity index (χ4v) is 4.17. The number of nitrogens with one attached hydrogen (secondary N) is 1. The Kier molecular flexibility index (Phi) is 6.28. The SMILES string of the molecule is Cc1ccc(C)c(NC(=O)Cc2nc(COC(=O)c3cc(C)nc4ccccc34)cs2)c1. The predicted molar refractivity (Wildman–Crippen MR) is 126 cm³/mol. The molecule has 0 aliphatic heterocycles. The lowest BCUT2D eigenvalue weighted by Gasteiger charge is -2.08. The Bertz CT molecular complexity index is 1310. The molecule has 0 saturated heterocycles. The minimum Gasteiger partial charge on any atom is -0.456 e. The Balaban J connectivity index is 1.38. The number of hydrogen-bond acceptors (Lipinski definition) is 6. The van der Waals surface area contributed by atoms with Crippen molar-refractivity contribution < 1.29 is 14.3 Å². The number of ether oxygens (including phenoxy) is 1. The molecule has 0 spiro atoms. The molecule has 4 rings (SSSR count). The van der Waals surface area contributed by atoms with Crippen LogP contribution in [0.25, 0.3) is 10.9 Å². The van der Waals surface area contributed by atoms with Gasteiger partial charge in [0.25, 0.3) is 0 Å². The average molecular weight is 446 g/mol. The van der Waals surface area contributed by atoms with Gasteiger partial charge in [-0.2, -0.15) is 0 Å². The molecule has 7 heteroatoms. The van der Waals surface area contributed by atoms with E-state index in [0.29, 0.717) is 16.3 Å². The summed E-state index contributed by atoms with van der Waals surface area (Å²) in [6.45, 7) is 5.83. The van der Waals surface area contributed by atoms with Crippen molar-refractivity contribution in [1.29, 1.82) is 0 Å². The van der Waals surface area contributed by atoms with Gasteiger partial charge in [-0.05, 0) is 50.1 Å². The summed E-state index contributed by atoms with van der Waals surface area (Å²) in [5.41, 5.74) is 5.51. The van der Waals surface area contributed by atoms with E-state index in [2.05, 4.69) is 15.3 Å². The summed E-state index contributed by atoms with van der Waals surface area (Å²) in [6, 6.07) is 15.1. The van der Waals surface area contributed by atoms with E-state index in [1.807, 2.05) is 68.6 Å². The molecule has 0 atom stereocenters. The zero-order valence-corrected chi connectivity index (χ0v) is 19.0. The molecule has 2 heterocycles. The van der Waals surface area contributed by atoms with Gasteiger partial charge in [-0.3, -0.25) is 9.78 Å². The summed E-state index contributed by atoms with van der Waals surface area (Å²) in [5.74, 6) is -0.552. The van der Waals surface area contributed by atoms with Crippen LogP contribution < -0.4 is 5.32 Å². The van der Waals surface area contributed by atoms with Crippen LogP contribution in [-0.4, -0.2) is 21.8 Å². The molecule has 1 N–H and O–H groups in total. The van der Waals surface area contributed by atoms with E-state index in [1.54, 1.807) is 6.07 Å². The molecule has 0 saturated carbocycles. The number of para-hydroxylation sites is 1. The van der Waals surface area contributed by atoms with Crippen molar-refractivity contribution in [3.8, 4) is 0 Å². The third-order valence-corrected chi connectivity index (χ3v) is 5.89. The van der Waals surface area contributed by atoms with Gasteiger partial charge in [0.15, 0.2) is 0 Å². The Morgan fingerprint density at radius 2 is 1.84 bits per heavy atom. The third-order valence-electron chi connectivity index (χ3n) is 4.99. The van der Waals surface area contributed by atoms with Crippen molar-refractivity contribution in [2.75, 3.05) is 5.32 Å². The minimum atomic E-state index is -0.422. The number of carbonyl (C=O) groups excluding carboxylic acids is 2. The zero-order valence-electron chi connectivity index (χ0n) is 18.1. The predicted octanol–water partition coefficient (Wildman–Crippen LogP) is 5.15. The monoisotopic (exact) mass is 445 g/mol. The number of thiazole rings is 1. The maximum Gasteiger partial charge on any atom is 0.339 e. The number of carbonyl (C=O) groups is 2. The first-order valence-electron chi connectivity index (χ1n) is 10.2. The van der Waals surface area contributed by atoms with E-state index in [9.17, 15) is 9.59 Å². The van der Waals surface area contributed by atoms with Crippen molar-refractivity contribution in [3.63, 3.8) is 0 Å². The van der Waals surface area contributed by atoms with Crippen molar-refractivity contribution in [1.82, 2.24) is 9.97 Å². The number of rotatable bonds is 6. The van der Waals surface area contributed by atoms with Crippen LogP contribution in [0.5, 0.6) is 0 Å². The van der Waals surface area contributed by atoms with Crippen LogP contribution in [-0.2, 0) is 22.6 Å². The lowest BCUT2D eigenvalue weighted by atomic mass is 10.1. The fourth-order valence-electron chi connectivity index (χ4n) is 3.39. The van der Waals surface area contributed by atoms with Gasteiger partial charge < -0.3 is 10.1 Å². The van der Waals surface area contributed by atoms with Crippen LogP contribution >= 0.6 is 11.3 Å². The number of anilines is 1. The quantitative estimate of drug-likeness (QED) is 0.415. The second-order valence-electron chi connectivity index (χ2n) is 7.68. The lowest BCUT2D eigenvalue weighted by Crippen LogP contribution is -2.15. The van der Waals surface area contributed by atoms with Gasteiger partial charge in [0, 0.05) is 22.1 Å². The maximum absolute atomic E-state index is 12.7. The van der Waals surface area contributed by atoms with Gasteiger partial charge in [-0.25, -0.2) is 9.78 Å². The van der Waals surface area contributed by atoms with Crippen LogP contribution in [0.4, 0.5) is 5.69 Å². The molecular weight excluding hydrogens is 422 g/mol. The normalized spacial score (nSPS) is 10.8. The topological polar surface area (TPSA) is 81.2 Å². The van der Waals surface area contributed by atoms with E-state index >= 15 is 0 Å².